The van der Waals surface area contributed by atoms with E-state index < -0.39 is 0 Å². The second kappa shape index (κ2) is 8.41. The predicted molar refractivity (Wildman–Crippen MR) is 110 cm³/mol. The van der Waals surface area contributed by atoms with E-state index in [1.54, 1.807) is 7.11 Å². The van der Waals surface area contributed by atoms with Crippen molar-refractivity contribution in [1.29, 1.82) is 0 Å². The molecular weight excluding hydrogens is 350 g/mol. The molecule has 2 aliphatic heterocycles. The Balaban J connectivity index is 1.49. The smallest absolute Gasteiger partial charge is 0.243 e. The minimum Gasteiger partial charge on any atom is -0.383 e. The molecular formula is C23H29N3O2. The number of hydrogen-bond donors (Lipinski definition) is 0. The molecule has 1 aromatic carbocycles. The third-order valence-corrected chi connectivity index (χ3v) is 6.18. The number of hydrogen-bond acceptors (Lipinski definition) is 4. The summed E-state index contributed by atoms with van der Waals surface area (Å²) in [4.78, 5) is 22.2. The van der Waals surface area contributed by atoms with Crippen LogP contribution in [0.1, 0.15) is 31.2 Å². The maximum atomic E-state index is 13.3. The molecule has 0 bridgehead atoms. The van der Waals surface area contributed by atoms with E-state index in [4.69, 9.17) is 4.74 Å². The Labute approximate surface area is 167 Å². The summed E-state index contributed by atoms with van der Waals surface area (Å²) in [5.74, 6) is 0.304. The van der Waals surface area contributed by atoms with E-state index in [-0.39, 0.29) is 5.54 Å². The number of piperidine rings is 1. The molecule has 4 rings (SSSR count). The summed E-state index contributed by atoms with van der Waals surface area (Å²) in [6.07, 6.45) is 5.93. The quantitative estimate of drug-likeness (QED) is 0.772. The minimum absolute atomic E-state index is 0.304. The van der Waals surface area contributed by atoms with Gasteiger partial charge in [-0.25, -0.2) is 0 Å². The van der Waals surface area contributed by atoms with Crippen LogP contribution in [0.2, 0.25) is 0 Å². The largest absolute Gasteiger partial charge is 0.383 e. The number of methoxy groups -OCH3 is 1. The highest BCUT2D eigenvalue weighted by Gasteiger charge is 2.50. The molecule has 1 aromatic heterocycles. The van der Waals surface area contributed by atoms with Crippen LogP contribution in [-0.4, -0.2) is 59.6 Å². The molecule has 2 saturated heterocycles. The standard InChI is InChI=1S/C23H29N3O2/c1-28-17-16-25-14-4-11-23(22(25)27)12-5-15-26(23)18-19-7-9-20(10-8-19)21-6-2-3-13-24-21/h2-3,6-10,13H,4-5,11-12,14-18H2,1H3. The first-order valence-electron chi connectivity index (χ1n) is 10.3. The lowest BCUT2D eigenvalue weighted by molar-refractivity contribution is -0.148. The predicted octanol–water partition coefficient (Wildman–Crippen LogP) is 3.35. The summed E-state index contributed by atoms with van der Waals surface area (Å²) in [7, 11) is 1.70. The average Bonchev–Trinajstić information content (AvgIpc) is 3.13. The first-order chi connectivity index (χ1) is 13.7. The second-order valence-corrected chi connectivity index (χ2v) is 7.86. The molecule has 5 heteroatoms. The van der Waals surface area contributed by atoms with Crippen molar-refractivity contribution in [2.24, 2.45) is 0 Å². The zero-order valence-corrected chi connectivity index (χ0v) is 16.6. The van der Waals surface area contributed by atoms with E-state index in [9.17, 15) is 4.79 Å². The SMILES string of the molecule is COCCN1CCCC2(CCCN2Cc2ccc(-c3ccccn3)cc2)C1=O. The van der Waals surface area contributed by atoms with Gasteiger partial charge >= 0.3 is 0 Å². The normalized spacial score (nSPS) is 22.9. The highest BCUT2D eigenvalue weighted by atomic mass is 16.5. The van der Waals surface area contributed by atoms with E-state index in [1.165, 1.54) is 5.56 Å². The number of carbonyl (C=O) groups is 1. The lowest BCUT2D eigenvalue weighted by Gasteiger charge is -2.44. The van der Waals surface area contributed by atoms with Crippen molar-refractivity contribution in [2.45, 2.75) is 37.8 Å². The van der Waals surface area contributed by atoms with Gasteiger partial charge in [-0.05, 0) is 49.9 Å². The zero-order valence-electron chi connectivity index (χ0n) is 16.6. The Kier molecular flexibility index (Phi) is 5.74. The number of carbonyl (C=O) groups excluding carboxylic acids is 1. The number of ether oxygens (including phenoxy) is 1. The highest BCUT2D eigenvalue weighted by Crippen LogP contribution is 2.39. The lowest BCUT2D eigenvalue weighted by atomic mass is 9.85. The Bertz CT molecular complexity index is 793. The van der Waals surface area contributed by atoms with E-state index in [2.05, 4.69) is 34.1 Å². The molecule has 2 fully saturated rings. The van der Waals surface area contributed by atoms with Crippen LogP contribution in [0.25, 0.3) is 11.3 Å². The van der Waals surface area contributed by atoms with Gasteiger partial charge in [0.2, 0.25) is 5.91 Å². The van der Waals surface area contributed by atoms with E-state index in [0.29, 0.717) is 19.1 Å². The van der Waals surface area contributed by atoms with Crippen LogP contribution in [0.4, 0.5) is 0 Å². The molecule has 28 heavy (non-hydrogen) atoms. The lowest BCUT2D eigenvalue weighted by Crippen LogP contribution is -2.60. The molecule has 1 unspecified atom stereocenters. The number of pyridine rings is 1. The number of benzene rings is 1. The first-order valence-corrected chi connectivity index (χ1v) is 10.3. The summed E-state index contributed by atoms with van der Waals surface area (Å²) in [5, 5.41) is 0. The van der Waals surface area contributed by atoms with Crippen molar-refractivity contribution in [3.05, 3.63) is 54.2 Å². The Morgan fingerprint density at radius 3 is 2.57 bits per heavy atom. The van der Waals surface area contributed by atoms with Crippen molar-refractivity contribution in [3.63, 3.8) is 0 Å². The van der Waals surface area contributed by atoms with Crippen molar-refractivity contribution < 1.29 is 9.53 Å². The van der Waals surface area contributed by atoms with Gasteiger partial charge < -0.3 is 9.64 Å². The zero-order chi connectivity index (χ0) is 19.4. The van der Waals surface area contributed by atoms with Crippen molar-refractivity contribution in [1.82, 2.24) is 14.8 Å². The van der Waals surface area contributed by atoms with Crippen LogP contribution in [0.15, 0.2) is 48.7 Å². The van der Waals surface area contributed by atoms with Gasteiger partial charge in [0.15, 0.2) is 0 Å². The summed E-state index contributed by atoms with van der Waals surface area (Å²) in [5.41, 5.74) is 3.05. The van der Waals surface area contributed by atoms with Gasteiger partial charge in [0.25, 0.3) is 0 Å². The topological polar surface area (TPSA) is 45.7 Å². The van der Waals surface area contributed by atoms with Crippen LogP contribution >= 0.6 is 0 Å². The molecule has 0 saturated carbocycles. The molecule has 0 radical (unpaired) electrons. The fourth-order valence-electron chi connectivity index (χ4n) is 4.70. The van der Waals surface area contributed by atoms with Crippen molar-refractivity contribution in [2.75, 3.05) is 33.4 Å². The molecule has 0 aliphatic carbocycles. The van der Waals surface area contributed by atoms with Gasteiger partial charge in [-0.2, -0.15) is 0 Å². The van der Waals surface area contributed by atoms with Gasteiger partial charge in [-0.15, -0.1) is 0 Å². The summed E-state index contributed by atoms with van der Waals surface area (Å²) >= 11 is 0. The fraction of sp³-hybridized carbons (Fsp3) is 0.478. The number of nitrogens with zero attached hydrogens (tertiary/aromatic N) is 3. The molecule has 3 heterocycles. The Morgan fingerprint density at radius 1 is 1.07 bits per heavy atom. The van der Waals surface area contributed by atoms with Crippen LogP contribution < -0.4 is 0 Å². The molecule has 1 atom stereocenters. The van der Waals surface area contributed by atoms with Gasteiger partial charge in [0.1, 0.15) is 5.54 Å². The minimum atomic E-state index is -0.314. The second-order valence-electron chi connectivity index (χ2n) is 7.86. The highest BCUT2D eigenvalue weighted by molar-refractivity contribution is 5.87. The number of amides is 1. The molecule has 0 N–H and O–H groups in total. The Morgan fingerprint density at radius 2 is 1.86 bits per heavy atom. The Hall–Kier alpha value is -2.24. The van der Waals surface area contributed by atoms with Crippen LogP contribution in [0.3, 0.4) is 0 Å². The maximum Gasteiger partial charge on any atom is 0.243 e. The van der Waals surface area contributed by atoms with Gasteiger partial charge in [0, 0.05) is 38.5 Å². The third-order valence-electron chi connectivity index (χ3n) is 6.18. The van der Waals surface area contributed by atoms with Gasteiger partial charge in [-0.3, -0.25) is 14.7 Å². The first kappa shape index (κ1) is 19.1. The fourth-order valence-corrected chi connectivity index (χ4v) is 4.70. The molecule has 2 aromatic rings. The molecule has 2 aliphatic rings. The molecule has 1 spiro atoms. The molecule has 148 valence electrons. The van der Waals surface area contributed by atoms with E-state index in [0.717, 1.165) is 56.6 Å². The van der Waals surface area contributed by atoms with Crippen LogP contribution in [0.5, 0.6) is 0 Å². The summed E-state index contributed by atoms with van der Waals surface area (Å²) in [6.45, 7) is 3.98. The number of aromatic nitrogens is 1. The monoisotopic (exact) mass is 379 g/mol. The van der Waals surface area contributed by atoms with E-state index >= 15 is 0 Å². The van der Waals surface area contributed by atoms with Crippen LogP contribution in [0, 0.1) is 0 Å². The van der Waals surface area contributed by atoms with Crippen LogP contribution in [-0.2, 0) is 16.1 Å². The number of likely N-dealkylation sites (tertiary alicyclic amines) is 2. The summed E-state index contributed by atoms with van der Waals surface area (Å²) < 4.78 is 5.20. The maximum absolute atomic E-state index is 13.3. The average molecular weight is 380 g/mol. The number of rotatable bonds is 6. The summed E-state index contributed by atoms with van der Waals surface area (Å²) in [6, 6.07) is 14.6. The molecule has 1 amide bonds. The van der Waals surface area contributed by atoms with Crippen molar-refractivity contribution >= 4 is 5.91 Å². The van der Waals surface area contributed by atoms with Crippen molar-refractivity contribution in [3.8, 4) is 11.3 Å². The molecule has 5 nitrogen and oxygen atoms in total. The third kappa shape index (κ3) is 3.69. The van der Waals surface area contributed by atoms with E-state index in [1.807, 2.05) is 29.3 Å². The van der Waals surface area contributed by atoms with Gasteiger partial charge in [0.05, 0.1) is 12.3 Å². The van der Waals surface area contributed by atoms with Gasteiger partial charge in [-0.1, -0.05) is 30.3 Å².